The van der Waals surface area contributed by atoms with E-state index in [0.29, 0.717) is 6.54 Å². The van der Waals surface area contributed by atoms with Crippen LogP contribution in [0.5, 0.6) is 5.75 Å². The Kier molecular flexibility index (Phi) is 4.95. The fraction of sp³-hybridized carbons (Fsp3) is 0.235. The number of amides is 1. The van der Waals surface area contributed by atoms with Crippen LogP contribution in [0, 0.1) is 17.0 Å². The smallest absolute Gasteiger partial charge is 0.311 e. The van der Waals surface area contributed by atoms with Crippen molar-refractivity contribution in [3.05, 3.63) is 63.7 Å². The molecule has 0 aliphatic carbocycles. The first kappa shape index (κ1) is 16.5. The van der Waals surface area contributed by atoms with Crippen molar-refractivity contribution in [3.63, 3.8) is 0 Å². The lowest BCUT2D eigenvalue weighted by Gasteiger charge is -2.23. The Bertz CT molecular complexity index is 743. The minimum Gasteiger partial charge on any atom is -0.490 e. The molecular formula is C17H18N2O4. The standard InChI is InChI=1S/C17H18N2O4/c1-4-18(14-8-6-5-7-12(14)2)17(20)13-9-10-16(23-3)15(11-13)19(21)22/h5-11H,4H2,1-3H3. The fourth-order valence-corrected chi connectivity index (χ4v) is 2.41. The predicted octanol–water partition coefficient (Wildman–Crippen LogP) is 3.58. The van der Waals surface area contributed by atoms with Crippen LogP contribution < -0.4 is 9.64 Å². The molecule has 0 aromatic heterocycles. The SMILES string of the molecule is CCN(C(=O)c1ccc(OC)c([N+](=O)[O-])c1)c1ccccc1C. The number of hydrogen-bond acceptors (Lipinski definition) is 4. The lowest BCUT2D eigenvalue weighted by Crippen LogP contribution is -2.31. The Morgan fingerprint density at radius 3 is 2.52 bits per heavy atom. The van der Waals surface area contributed by atoms with Crippen molar-refractivity contribution in [1.29, 1.82) is 0 Å². The quantitative estimate of drug-likeness (QED) is 0.624. The molecule has 0 bridgehead atoms. The van der Waals surface area contributed by atoms with E-state index in [0.717, 1.165) is 11.3 Å². The molecule has 0 atom stereocenters. The Labute approximate surface area is 134 Å². The molecule has 120 valence electrons. The van der Waals surface area contributed by atoms with Gasteiger partial charge in [-0.05, 0) is 37.6 Å². The van der Waals surface area contributed by atoms with E-state index >= 15 is 0 Å². The Balaban J connectivity index is 2.44. The zero-order valence-electron chi connectivity index (χ0n) is 13.3. The van der Waals surface area contributed by atoms with E-state index in [-0.39, 0.29) is 22.9 Å². The number of aryl methyl sites for hydroxylation is 1. The van der Waals surface area contributed by atoms with Crippen LogP contribution in [0.4, 0.5) is 11.4 Å². The number of carbonyl (C=O) groups is 1. The Morgan fingerprint density at radius 1 is 1.26 bits per heavy atom. The van der Waals surface area contributed by atoms with Gasteiger partial charge in [-0.25, -0.2) is 0 Å². The maximum atomic E-state index is 12.8. The molecule has 0 spiro atoms. The van der Waals surface area contributed by atoms with Gasteiger partial charge in [0.15, 0.2) is 5.75 Å². The minimum atomic E-state index is -0.556. The zero-order valence-corrected chi connectivity index (χ0v) is 13.3. The molecule has 6 nitrogen and oxygen atoms in total. The molecule has 0 N–H and O–H groups in total. The molecule has 0 aliphatic rings. The molecule has 0 radical (unpaired) electrons. The van der Waals surface area contributed by atoms with E-state index in [1.807, 2.05) is 38.1 Å². The van der Waals surface area contributed by atoms with Crippen molar-refractivity contribution >= 4 is 17.3 Å². The van der Waals surface area contributed by atoms with Crippen LogP contribution in [0.15, 0.2) is 42.5 Å². The zero-order chi connectivity index (χ0) is 17.0. The number of para-hydroxylation sites is 1. The first-order chi connectivity index (χ1) is 11.0. The highest BCUT2D eigenvalue weighted by atomic mass is 16.6. The molecule has 0 fully saturated rings. The van der Waals surface area contributed by atoms with Crippen LogP contribution in [0.25, 0.3) is 0 Å². The van der Waals surface area contributed by atoms with Gasteiger partial charge in [0.1, 0.15) is 0 Å². The molecule has 2 aromatic rings. The second kappa shape index (κ2) is 6.91. The number of ether oxygens (including phenoxy) is 1. The lowest BCUT2D eigenvalue weighted by molar-refractivity contribution is -0.385. The van der Waals surface area contributed by atoms with Gasteiger partial charge < -0.3 is 9.64 Å². The summed E-state index contributed by atoms with van der Waals surface area (Å²) < 4.78 is 4.97. The van der Waals surface area contributed by atoms with Gasteiger partial charge in [-0.1, -0.05) is 18.2 Å². The molecular weight excluding hydrogens is 296 g/mol. The predicted molar refractivity (Wildman–Crippen MR) is 88.2 cm³/mol. The maximum Gasteiger partial charge on any atom is 0.311 e. The highest BCUT2D eigenvalue weighted by molar-refractivity contribution is 6.07. The van der Waals surface area contributed by atoms with Crippen molar-refractivity contribution in [3.8, 4) is 5.75 Å². The van der Waals surface area contributed by atoms with E-state index in [9.17, 15) is 14.9 Å². The average molecular weight is 314 g/mol. The summed E-state index contributed by atoms with van der Waals surface area (Å²) >= 11 is 0. The van der Waals surface area contributed by atoms with Gasteiger partial charge in [0.25, 0.3) is 5.91 Å². The second-order valence-electron chi connectivity index (χ2n) is 4.98. The van der Waals surface area contributed by atoms with Gasteiger partial charge in [0.05, 0.1) is 12.0 Å². The molecule has 0 aliphatic heterocycles. The van der Waals surface area contributed by atoms with Crippen molar-refractivity contribution in [2.24, 2.45) is 0 Å². The molecule has 23 heavy (non-hydrogen) atoms. The first-order valence-corrected chi connectivity index (χ1v) is 7.19. The van der Waals surface area contributed by atoms with Gasteiger partial charge >= 0.3 is 5.69 Å². The number of benzene rings is 2. The topological polar surface area (TPSA) is 72.7 Å². The molecule has 0 saturated heterocycles. The largest absolute Gasteiger partial charge is 0.490 e. The summed E-state index contributed by atoms with van der Waals surface area (Å²) in [6, 6.07) is 11.8. The summed E-state index contributed by atoms with van der Waals surface area (Å²) in [4.78, 5) is 24.9. The Hall–Kier alpha value is -2.89. The number of hydrogen-bond donors (Lipinski definition) is 0. The molecule has 0 heterocycles. The van der Waals surface area contributed by atoms with Crippen LogP contribution in [0.3, 0.4) is 0 Å². The fourth-order valence-electron chi connectivity index (χ4n) is 2.41. The van der Waals surface area contributed by atoms with Gasteiger partial charge in [0.2, 0.25) is 0 Å². The van der Waals surface area contributed by atoms with Crippen LogP contribution in [-0.4, -0.2) is 24.5 Å². The highest BCUT2D eigenvalue weighted by Gasteiger charge is 2.22. The van der Waals surface area contributed by atoms with Crippen LogP contribution in [0.1, 0.15) is 22.8 Å². The maximum absolute atomic E-state index is 12.8. The molecule has 2 rings (SSSR count). The van der Waals surface area contributed by atoms with E-state index in [4.69, 9.17) is 4.74 Å². The van der Waals surface area contributed by atoms with E-state index in [1.54, 1.807) is 4.90 Å². The van der Waals surface area contributed by atoms with E-state index in [2.05, 4.69) is 0 Å². The average Bonchev–Trinajstić information content (AvgIpc) is 2.56. The van der Waals surface area contributed by atoms with Crippen LogP contribution in [-0.2, 0) is 0 Å². The van der Waals surface area contributed by atoms with Crippen LogP contribution in [0.2, 0.25) is 0 Å². The number of anilines is 1. The Morgan fingerprint density at radius 2 is 1.96 bits per heavy atom. The third-order valence-electron chi connectivity index (χ3n) is 3.59. The summed E-state index contributed by atoms with van der Waals surface area (Å²) in [6.07, 6.45) is 0. The normalized spacial score (nSPS) is 10.2. The summed E-state index contributed by atoms with van der Waals surface area (Å²) in [5.74, 6) is -0.155. The molecule has 6 heteroatoms. The van der Waals surface area contributed by atoms with Crippen molar-refractivity contribution in [2.45, 2.75) is 13.8 Å². The van der Waals surface area contributed by atoms with Gasteiger partial charge in [-0.15, -0.1) is 0 Å². The van der Waals surface area contributed by atoms with Crippen molar-refractivity contribution < 1.29 is 14.5 Å². The third kappa shape index (κ3) is 3.31. The molecule has 1 amide bonds. The van der Waals surface area contributed by atoms with E-state index in [1.165, 1.54) is 25.3 Å². The summed E-state index contributed by atoms with van der Waals surface area (Å²) in [7, 11) is 1.36. The number of methoxy groups -OCH3 is 1. The van der Waals surface area contributed by atoms with Crippen LogP contribution >= 0.6 is 0 Å². The monoisotopic (exact) mass is 314 g/mol. The minimum absolute atomic E-state index is 0.130. The second-order valence-corrected chi connectivity index (χ2v) is 4.98. The summed E-state index contributed by atoms with van der Waals surface area (Å²) in [5.41, 5.74) is 1.78. The number of nitro benzene ring substituents is 1. The van der Waals surface area contributed by atoms with Crippen molar-refractivity contribution in [1.82, 2.24) is 0 Å². The van der Waals surface area contributed by atoms with Gasteiger partial charge in [-0.3, -0.25) is 14.9 Å². The third-order valence-corrected chi connectivity index (χ3v) is 3.59. The van der Waals surface area contributed by atoms with Crippen molar-refractivity contribution in [2.75, 3.05) is 18.6 Å². The number of nitrogens with zero attached hydrogens (tertiary/aromatic N) is 2. The number of nitro groups is 1. The molecule has 2 aromatic carbocycles. The number of rotatable bonds is 5. The van der Waals surface area contributed by atoms with E-state index < -0.39 is 4.92 Å². The summed E-state index contributed by atoms with van der Waals surface area (Å²) in [6.45, 7) is 4.24. The molecule has 0 unspecified atom stereocenters. The van der Waals surface area contributed by atoms with Gasteiger partial charge in [-0.2, -0.15) is 0 Å². The number of carbonyl (C=O) groups excluding carboxylic acids is 1. The summed E-state index contributed by atoms with van der Waals surface area (Å²) in [5, 5.41) is 11.1. The first-order valence-electron chi connectivity index (χ1n) is 7.19. The lowest BCUT2D eigenvalue weighted by atomic mass is 10.1. The highest BCUT2D eigenvalue weighted by Crippen LogP contribution is 2.29. The van der Waals surface area contributed by atoms with Gasteiger partial charge in [0, 0.05) is 23.9 Å². The molecule has 0 saturated carbocycles.